The fourth-order valence-electron chi connectivity index (χ4n) is 2.25. The highest BCUT2D eigenvalue weighted by Gasteiger charge is 2.34. The maximum absolute atomic E-state index is 12.1. The summed E-state index contributed by atoms with van der Waals surface area (Å²) in [7, 11) is 0. The van der Waals surface area contributed by atoms with Crippen molar-refractivity contribution in [2.75, 3.05) is 13.1 Å². The number of hydrogen-bond acceptors (Lipinski definition) is 4. The van der Waals surface area contributed by atoms with Crippen LogP contribution in [0.2, 0.25) is 0 Å². The van der Waals surface area contributed by atoms with Crippen molar-refractivity contribution in [3.8, 4) is 11.8 Å². The van der Waals surface area contributed by atoms with Gasteiger partial charge in [0.2, 0.25) is 0 Å². The van der Waals surface area contributed by atoms with Crippen LogP contribution in [0.15, 0.2) is 24.3 Å². The average molecular weight is 288 g/mol. The lowest BCUT2D eigenvalue weighted by atomic mass is 9.96. The van der Waals surface area contributed by atoms with E-state index < -0.39 is 12.1 Å². The molecule has 1 aliphatic rings. The highest BCUT2D eigenvalue weighted by molar-refractivity contribution is 5.82. The molecule has 1 aromatic rings. The Morgan fingerprint density at radius 1 is 1.43 bits per heavy atom. The van der Waals surface area contributed by atoms with Crippen LogP contribution in [0.1, 0.15) is 18.9 Å². The molecule has 6 nitrogen and oxygen atoms in total. The van der Waals surface area contributed by atoms with E-state index >= 15 is 0 Å². The van der Waals surface area contributed by atoms with Gasteiger partial charge in [-0.05, 0) is 31.2 Å². The smallest absolute Gasteiger partial charge is 0.303 e. The summed E-state index contributed by atoms with van der Waals surface area (Å²) in [5, 5.41) is 17.4. The van der Waals surface area contributed by atoms with E-state index in [2.05, 4.69) is 0 Å². The number of rotatable bonds is 5. The summed E-state index contributed by atoms with van der Waals surface area (Å²) >= 11 is 0. The van der Waals surface area contributed by atoms with Gasteiger partial charge in [0.25, 0.3) is 5.91 Å². The third kappa shape index (κ3) is 3.72. The summed E-state index contributed by atoms with van der Waals surface area (Å²) < 4.78 is 5.53. The first-order valence-corrected chi connectivity index (χ1v) is 6.67. The topological polar surface area (TPSA) is 90.6 Å². The van der Waals surface area contributed by atoms with E-state index in [0.717, 1.165) is 0 Å². The fourth-order valence-corrected chi connectivity index (χ4v) is 2.25. The molecule has 1 saturated heterocycles. The highest BCUT2D eigenvalue weighted by atomic mass is 16.5. The highest BCUT2D eigenvalue weighted by Crippen LogP contribution is 2.21. The van der Waals surface area contributed by atoms with Gasteiger partial charge >= 0.3 is 5.97 Å². The Morgan fingerprint density at radius 3 is 2.57 bits per heavy atom. The van der Waals surface area contributed by atoms with Crippen molar-refractivity contribution in [1.82, 2.24) is 4.90 Å². The molecule has 6 heteroatoms. The van der Waals surface area contributed by atoms with Gasteiger partial charge in [0.15, 0.2) is 6.10 Å². The monoisotopic (exact) mass is 288 g/mol. The second kappa shape index (κ2) is 6.27. The third-order valence-corrected chi connectivity index (χ3v) is 3.38. The Kier molecular flexibility index (Phi) is 4.43. The summed E-state index contributed by atoms with van der Waals surface area (Å²) in [6.45, 7) is 2.59. The lowest BCUT2D eigenvalue weighted by molar-refractivity contribution is -0.149. The molecular formula is C15H16N2O4. The first-order chi connectivity index (χ1) is 9.99. The lowest BCUT2D eigenvalue weighted by Gasteiger charge is -2.39. The summed E-state index contributed by atoms with van der Waals surface area (Å²) in [5.41, 5.74) is 0.528. The number of nitrogens with zero attached hydrogens (tertiary/aromatic N) is 2. The standard InChI is InChI=1S/C15H16N2O4/c1-10(21-13-4-2-11(7-16)3-5-13)15(20)17-8-12(9-17)6-14(18)19/h2-5,10,12H,6,8-9H2,1H3,(H,18,19). The Morgan fingerprint density at radius 2 is 2.05 bits per heavy atom. The van der Waals surface area contributed by atoms with E-state index in [9.17, 15) is 9.59 Å². The lowest BCUT2D eigenvalue weighted by Crippen LogP contribution is -2.54. The predicted molar refractivity (Wildman–Crippen MR) is 73.6 cm³/mol. The molecule has 110 valence electrons. The molecule has 1 N–H and O–H groups in total. The average Bonchev–Trinajstić information content (AvgIpc) is 2.42. The maximum Gasteiger partial charge on any atom is 0.303 e. The van der Waals surface area contributed by atoms with E-state index in [-0.39, 0.29) is 18.2 Å². The molecule has 2 rings (SSSR count). The van der Waals surface area contributed by atoms with Crippen molar-refractivity contribution in [3.63, 3.8) is 0 Å². The molecule has 1 fully saturated rings. The van der Waals surface area contributed by atoms with Gasteiger partial charge in [-0.15, -0.1) is 0 Å². The van der Waals surface area contributed by atoms with Crippen molar-refractivity contribution in [2.24, 2.45) is 5.92 Å². The summed E-state index contributed by atoms with van der Waals surface area (Å²) in [5.74, 6) is -0.430. The van der Waals surface area contributed by atoms with Crippen LogP contribution in [0.25, 0.3) is 0 Å². The van der Waals surface area contributed by atoms with Crippen LogP contribution in [-0.4, -0.2) is 41.1 Å². The number of carbonyl (C=O) groups excluding carboxylic acids is 1. The van der Waals surface area contributed by atoms with E-state index in [1.54, 1.807) is 36.1 Å². The van der Waals surface area contributed by atoms with Crippen molar-refractivity contribution in [3.05, 3.63) is 29.8 Å². The molecule has 0 radical (unpaired) electrons. The minimum atomic E-state index is -0.839. The second-order valence-electron chi connectivity index (χ2n) is 5.10. The molecule has 1 unspecified atom stereocenters. The van der Waals surface area contributed by atoms with Gasteiger partial charge in [-0.25, -0.2) is 0 Å². The first kappa shape index (κ1) is 14.9. The van der Waals surface area contributed by atoms with E-state index in [0.29, 0.717) is 24.4 Å². The Bertz CT molecular complexity index is 570. The van der Waals surface area contributed by atoms with E-state index in [4.69, 9.17) is 15.1 Å². The number of hydrogen-bond donors (Lipinski definition) is 1. The van der Waals surface area contributed by atoms with Crippen LogP contribution in [0, 0.1) is 17.2 Å². The van der Waals surface area contributed by atoms with Crippen molar-refractivity contribution >= 4 is 11.9 Å². The van der Waals surface area contributed by atoms with Crippen molar-refractivity contribution in [1.29, 1.82) is 5.26 Å². The van der Waals surface area contributed by atoms with Crippen LogP contribution >= 0.6 is 0 Å². The maximum atomic E-state index is 12.1. The van der Waals surface area contributed by atoms with Crippen LogP contribution < -0.4 is 4.74 Å². The van der Waals surface area contributed by atoms with Gasteiger partial charge in [-0.3, -0.25) is 9.59 Å². The summed E-state index contributed by atoms with van der Waals surface area (Å²) in [6.07, 6.45) is -0.544. The molecule has 21 heavy (non-hydrogen) atoms. The van der Waals surface area contributed by atoms with E-state index in [1.165, 1.54) is 0 Å². The van der Waals surface area contributed by atoms with Crippen LogP contribution in [-0.2, 0) is 9.59 Å². The number of benzene rings is 1. The number of ether oxygens (including phenoxy) is 1. The van der Waals surface area contributed by atoms with Crippen LogP contribution in [0.5, 0.6) is 5.75 Å². The molecule has 1 aliphatic heterocycles. The predicted octanol–water partition coefficient (Wildman–Crippen LogP) is 1.26. The molecule has 0 aromatic heterocycles. The largest absolute Gasteiger partial charge is 0.481 e. The van der Waals surface area contributed by atoms with Gasteiger partial charge in [0.05, 0.1) is 18.1 Å². The molecule has 1 amide bonds. The van der Waals surface area contributed by atoms with Gasteiger partial charge in [-0.2, -0.15) is 5.26 Å². The van der Waals surface area contributed by atoms with Gasteiger partial charge in [0.1, 0.15) is 5.75 Å². The Labute approximate surface area is 122 Å². The van der Waals surface area contributed by atoms with Crippen molar-refractivity contribution < 1.29 is 19.4 Å². The van der Waals surface area contributed by atoms with E-state index in [1.807, 2.05) is 6.07 Å². The van der Waals surface area contributed by atoms with Crippen LogP contribution in [0.3, 0.4) is 0 Å². The quantitative estimate of drug-likeness (QED) is 0.880. The summed E-state index contributed by atoms with van der Waals surface area (Å²) in [4.78, 5) is 24.2. The number of carbonyl (C=O) groups is 2. The fraction of sp³-hybridized carbons (Fsp3) is 0.400. The zero-order chi connectivity index (χ0) is 15.4. The molecule has 0 saturated carbocycles. The number of likely N-dealkylation sites (tertiary alicyclic amines) is 1. The van der Waals surface area contributed by atoms with Crippen LogP contribution in [0.4, 0.5) is 0 Å². The molecular weight excluding hydrogens is 272 g/mol. The number of nitriles is 1. The molecule has 1 atom stereocenters. The first-order valence-electron chi connectivity index (χ1n) is 6.67. The molecule has 0 aliphatic carbocycles. The van der Waals surface area contributed by atoms with Gasteiger partial charge < -0.3 is 14.7 Å². The number of carboxylic acid groups (broad SMARTS) is 1. The zero-order valence-corrected chi connectivity index (χ0v) is 11.7. The zero-order valence-electron chi connectivity index (χ0n) is 11.7. The van der Waals surface area contributed by atoms with Crippen molar-refractivity contribution in [2.45, 2.75) is 19.4 Å². The number of carboxylic acids is 1. The SMILES string of the molecule is CC(Oc1ccc(C#N)cc1)C(=O)N1CC(CC(=O)O)C1. The normalized spacial score (nSPS) is 15.7. The summed E-state index contributed by atoms with van der Waals surface area (Å²) in [6, 6.07) is 8.55. The van der Waals surface area contributed by atoms with Gasteiger partial charge in [-0.1, -0.05) is 0 Å². The minimum Gasteiger partial charge on any atom is -0.481 e. The Hall–Kier alpha value is -2.55. The third-order valence-electron chi connectivity index (χ3n) is 3.38. The molecule has 1 heterocycles. The van der Waals surface area contributed by atoms with Gasteiger partial charge in [0, 0.05) is 19.0 Å². The molecule has 0 spiro atoms. The molecule has 0 bridgehead atoms. The number of aliphatic carboxylic acids is 1. The second-order valence-corrected chi connectivity index (χ2v) is 5.10. The number of amides is 1. The molecule has 1 aromatic carbocycles. The Balaban J connectivity index is 1.83. The minimum absolute atomic E-state index is 0.0357.